The maximum atomic E-state index is 12.6. The molecule has 2 N–H and O–H groups in total. The second-order valence-corrected chi connectivity index (χ2v) is 7.27. The summed E-state index contributed by atoms with van der Waals surface area (Å²) in [5.74, 6) is 0.755. The van der Waals surface area contributed by atoms with Gasteiger partial charge in [0, 0.05) is 49.8 Å². The third-order valence-electron chi connectivity index (χ3n) is 4.40. The van der Waals surface area contributed by atoms with Crippen molar-refractivity contribution in [3.63, 3.8) is 0 Å². The Labute approximate surface area is 171 Å². The maximum Gasteiger partial charge on any atom is 0.253 e. The van der Waals surface area contributed by atoms with Crippen LogP contribution in [0.3, 0.4) is 0 Å². The Kier molecular flexibility index (Phi) is 8.69. The zero-order valence-electron chi connectivity index (χ0n) is 17.1. The number of nitrogens with one attached hydrogen (secondary N) is 2. The summed E-state index contributed by atoms with van der Waals surface area (Å²) in [6.45, 7) is 3.40. The lowest BCUT2D eigenvalue weighted by Crippen LogP contribution is -2.43. The Balaban J connectivity index is 2.20. The van der Waals surface area contributed by atoms with E-state index in [0.29, 0.717) is 23.8 Å². The van der Waals surface area contributed by atoms with E-state index in [4.69, 9.17) is 21.7 Å². The molecule has 0 aliphatic rings. The third kappa shape index (κ3) is 6.47. The number of aromatic nitrogens is 1. The molecular formula is C20H30N4O3S. The van der Waals surface area contributed by atoms with E-state index in [1.165, 1.54) is 0 Å². The van der Waals surface area contributed by atoms with Crippen LogP contribution in [0.1, 0.15) is 12.0 Å². The summed E-state index contributed by atoms with van der Waals surface area (Å²) in [5.41, 5.74) is 1.35. The largest absolute Gasteiger partial charge is 0.497 e. The van der Waals surface area contributed by atoms with Gasteiger partial charge in [-0.3, -0.25) is 4.79 Å². The van der Waals surface area contributed by atoms with Crippen LogP contribution in [0.2, 0.25) is 0 Å². The molecule has 0 spiro atoms. The number of hydrogen-bond acceptors (Lipinski definition) is 5. The molecule has 0 unspecified atom stereocenters. The highest BCUT2D eigenvalue weighted by Crippen LogP contribution is 2.19. The van der Waals surface area contributed by atoms with E-state index < -0.39 is 0 Å². The van der Waals surface area contributed by atoms with Crippen molar-refractivity contribution in [3.05, 3.63) is 40.2 Å². The van der Waals surface area contributed by atoms with E-state index in [1.54, 1.807) is 14.2 Å². The third-order valence-corrected chi connectivity index (χ3v) is 4.80. The van der Waals surface area contributed by atoms with Gasteiger partial charge in [-0.05, 0) is 57.0 Å². The van der Waals surface area contributed by atoms with Crippen molar-refractivity contribution in [2.24, 2.45) is 0 Å². The fraction of sp³-hybridized carbons (Fsp3) is 0.500. The van der Waals surface area contributed by atoms with Crippen molar-refractivity contribution in [1.82, 2.24) is 20.1 Å². The monoisotopic (exact) mass is 406 g/mol. The summed E-state index contributed by atoms with van der Waals surface area (Å²) >= 11 is 5.58. The molecule has 0 aliphatic carbocycles. The van der Waals surface area contributed by atoms with E-state index in [1.807, 2.05) is 43.3 Å². The number of ether oxygens (including phenoxy) is 2. The molecule has 0 bridgehead atoms. The van der Waals surface area contributed by atoms with Gasteiger partial charge in [0.1, 0.15) is 5.75 Å². The number of rotatable bonds is 10. The molecule has 0 atom stereocenters. The highest BCUT2D eigenvalue weighted by Gasteiger charge is 2.14. The molecular weight excluding hydrogens is 376 g/mol. The minimum atomic E-state index is -0.102. The van der Waals surface area contributed by atoms with Crippen LogP contribution in [-0.2, 0) is 11.3 Å². The molecule has 28 heavy (non-hydrogen) atoms. The standard InChI is InChI=1S/C20H30N4O3S/c1-23(2)9-10-24(20(28)21-8-5-11-26-3)14-16-12-15-13-17(27-4)6-7-18(15)22-19(16)25/h6-7,12-13H,5,8-11,14H2,1-4H3,(H,21,28)(H,22,25). The summed E-state index contributed by atoms with van der Waals surface area (Å²) in [6, 6.07) is 7.51. The van der Waals surface area contributed by atoms with E-state index in [9.17, 15) is 4.79 Å². The van der Waals surface area contributed by atoms with Gasteiger partial charge >= 0.3 is 0 Å². The molecule has 0 fully saturated rings. The lowest BCUT2D eigenvalue weighted by molar-refractivity contribution is 0.195. The molecule has 1 aromatic carbocycles. The Morgan fingerprint density at radius 1 is 1.21 bits per heavy atom. The van der Waals surface area contributed by atoms with E-state index >= 15 is 0 Å². The predicted octanol–water partition coefficient (Wildman–Crippen LogP) is 1.81. The number of methoxy groups -OCH3 is 2. The van der Waals surface area contributed by atoms with Gasteiger partial charge in [-0.15, -0.1) is 0 Å². The molecule has 0 saturated carbocycles. The Morgan fingerprint density at radius 3 is 2.68 bits per heavy atom. The fourth-order valence-corrected chi connectivity index (χ4v) is 3.03. The quantitative estimate of drug-likeness (QED) is 0.461. The molecule has 7 nitrogen and oxygen atoms in total. The first kappa shape index (κ1) is 22.1. The normalized spacial score (nSPS) is 11.0. The maximum absolute atomic E-state index is 12.6. The van der Waals surface area contributed by atoms with Gasteiger partial charge in [-0.2, -0.15) is 0 Å². The second-order valence-electron chi connectivity index (χ2n) is 6.88. The van der Waals surface area contributed by atoms with Gasteiger partial charge in [-0.1, -0.05) is 0 Å². The minimum Gasteiger partial charge on any atom is -0.497 e. The first-order valence-electron chi connectivity index (χ1n) is 9.31. The number of H-pyrrole nitrogens is 1. The van der Waals surface area contributed by atoms with Crippen LogP contribution in [-0.4, -0.2) is 74.5 Å². The number of fused-ring (bicyclic) bond motifs is 1. The van der Waals surface area contributed by atoms with Crippen molar-refractivity contribution >= 4 is 28.2 Å². The molecule has 0 saturated heterocycles. The van der Waals surface area contributed by atoms with Crippen molar-refractivity contribution in [2.75, 3.05) is 54.6 Å². The average Bonchev–Trinajstić information content (AvgIpc) is 2.68. The molecule has 1 aromatic heterocycles. The lowest BCUT2D eigenvalue weighted by atomic mass is 10.1. The van der Waals surface area contributed by atoms with E-state index in [2.05, 4.69) is 15.2 Å². The summed E-state index contributed by atoms with van der Waals surface area (Å²) in [7, 11) is 7.35. The topological polar surface area (TPSA) is 69.8 Å². The number of aromatic amines is 1. The highest BCUT2D eigenvalue weighted by molar-refractivity contribution is 7.80. The van der Waals surface area contributed by atoms with Crippen LogP contribution in [0.25, 0.3) is 10.9 Å². The number of nitrogens with zero attached hydrogens (tertiary/aromatic N) is 2. The van der Waals surface area contributed by atoms with Crippen molar-refractivity contribution in [2.45, 2.75) is 13.0 Å². The predicted molar refractivity (Wildman–Crippen MR) is 117 cm³/mol. The van der Waals surface area contributed by atoms with Crippen LogP contribution in [0, 0.1) is 0 Å². The number of thiocarbonyl (C=S) groups is 1. The number of hydrogen-bond donors (Lipinski definition) is 2. The summed E-state index contributed by atoms with van der Waals surface area (Å²) in [6.07, 6.45) is 0.870. The highest BCUT2D eigenvalue weighted by atomic mass is 32.1. The minimum absolute atomic E-state index is 0.102. The Hall–Kier alpha value is -2.16. The first-order chi connectivity index (χ1) is 13.4. The van der Waals surface area contributed by atoms with E-state index in [0.717, 1.165) is 42.7 Å². The molecule has 0 amide bonds. The van der Waals surface area contributed by atoms with Crippen LogP contribution in [0.15, 0.2) is 29.1 Å². The van der Waals surface area contributed by atoms with Gasteiger partial charge < -0.3 is 29.6 Å². The molecule has 0 aliphatic heterocycles. The zero-order chi connectivity index (χ0) is 20.5. The molecule has 2 rings (SSSR count). The van der Waals surface area contributed by atoms with Gasteiger partial charge in [0.2, 0.25) is 0 Å². The second kappa shape index (κ2) is 11.0. The smallest absolute Gasteiger partial charge is 0.253 e. The van der Waals surface area contributed by atoms with Crippen LogP contribution < -0.4 is 15.6 Å². The molecule has 0 radical (unpaired) electrons. The summed E-state index contributed by atoms with van der Waals surface area (Å²) < 4.78 is 10.4. The number of benzene rings is 1. The first-order valence-corrected chi connectivity index (χ1v) is 9.72. The Bertz CT molecular complexity index is 838. The van der Waals surface area contributed by atoms with Gasteiger partial charge in [0.15, 0.2) is 5.11 Å². The van der Waals surface area contributed by atoms with Gasteiger partial charge in [0.05, 0.1) is 13.7 Å². The van der Waals surface area contributed by atoms with Crippen LogP contribution in [0.4, 0.5) is 0 Å². The summed E-state index contributed by atoms with van der Waals surface area (Å²) in [5, 5.41) is 4.84. The van der Waals surface area contributed by atoms with Crippen molar-refractivity contribution in [3.8, 4) is 5.75 Å². The van der Waals surface area contributed by atoms with E-state index in [-0.39, 0.29) is 5.56 Å². The van der Waals surface area contributed by atoms with Crippen molar-refractivity contribution in [1.29, 1.82) is 0 Å². The number of pyridine rings is 1. The van der Waals surface area contributed by atoms with Crippen LogP contribution >= 0.6 is 12.2 Å². The zero-order valence-corrected chi connectivity index (χ0v) is 17.9. The molecule has 8 heteroatoms. The fourth-order valence-electron chi connectivity index (χ4n) is 2.78. The molecule has 1 heterocycles. The van der Waals surface area contributed by atoms with Gasteiger partial charge in [0.25, 0.3) is 5.56 Å². The lowest BCUT2D eigenvalue weighted by Gasteiger charge is -2.27. The van der Waals surface area contributed by atoms with Crippen LogP contribution in [0.5, 0.6) is 5.75 Å². The van der Waals surface area contributed by atoms with Crippen molar-refractivity contribution < 1.29 is 9.47 Å². The average molecular weight is 407 g/mol. The molecule has 154 valence electrons. The number of likely N-dealkylation sites (N-methyl/N-ethyl adjacent to an activating group) is 1. The SMILES string of the molecule is COCCCNC(=S)N(CCN(C)C)Cc1cc2cc(OC)ccc2[nH]c1=O. The van der Waals surface area contributed by atoms with Gasteiger partial charge in [-0.25, -0.2) is 0 Å². The molecule has 2 aromatic rings. The Morgan fingerprint density at radius 2 is 2.00 bits per heavy atom. The summed E-state index contributed by atoms with van der Waals surface area (Å²) in [4.78, 5) is 19.6.